The van der Waals surface area contributed by atoms with E-state index in [-0.39, 0.29) is 17.7 Å². The molecular formula is C25H25F3N4O5. The fraction of sp³-hybridized carbons (Fsp3) is 0.400. The Balaban J connectivity index is 1.53. The summed E-state index contributed by atoms with van der Waals surface area (Å²) in [4.78, 5) is 24.6. The maximum absolute atomic E-state index is 13.3. The van der Waals surface area contributed by atoms with Crippen LogP contribution in [0.3, 0.4) is 0 Å². The molecule has 0 saturated heterocycles. The molecule has 2 aliphatic rings. The molecule has 2 saturated carbocycles. The maximum Gasteiger partial charge on any atom is 0.407 e. The zero-order valence-electron chi connectivity index (χ0n) is 20.1. The second-order valence-electron chi connectivity index (χ2n) is 9.12. The van der Waals surface area contributed by atoms with E-state index in [9.17, 15) is 22.8 Å². The van der Waals surface area contributed by atoms with Gasteiger partial charge in [0.25, 0.3) is 5.91 Å². The number of amides is 2. The number of rotatable bonds is 8. The summed E-state index contributed by atoms with van der Waals surface area (Å²) in [7, 11) is 2.61. The number of ether oxygens (including phenoxy) is 3. The van der Waals surface area contributed by atoms with E-state index >= 15 is 0 Å². The highest BCUT2D eigenvalue weighted by molar-refractivity contribution is 6.01. The van der Waals surface area contributed by atoms with Crippen LogP contribution in [-0.4, -0.2) is 54.7 Å². The predicted octanol–water partition coefficient (Wildman–Crippen LogP) is 4.19. The van der Waals surface area contributed by atoms with Gasteiger partial charge in [0.1, 0.15) is 23.2 Å². The van der Waals surface area contributed by atoms with Crippen molar-refractivity contribution in [1.82, 2.24) is 20.2 Å². The summed E-state index contributed by atoms with van der Waals surface area (Å²) in [5.41, 5.74) is 1.70. The van der Waals surface area contributed by atoms with Gasteiger partial charge in [0.2, 0.25) is 0 Å². The first kappa shape index (κ1) is 24.7. The summed E-state index contributed by atoms with van der Waals surface area (Å²) >= 11 is 0. The number of benzene rings is 1. The highest BCUT2D eigenvalue weighted by Gasteiger charge is 2.41. The Labute approximate surface area is 209 Å². The van der Waals surface area contributed by atoms with Crippen LogP contribution >= 0.6 is 0 Å². The number of pyridine rings is 1. The molecule has 2 unspecified atom stereocenters. The van der Waals surface area contributed by atoms with Crippen LogP contribution in [0.5, 0.6) is 11.5 Å². The van der Waals surface area contributed by atoms with E-state index in [0.29, 0.717) is 16.6 Å². The lowest BCUT2D eigenvalue weighted by Gasteiger charge is -2.42. The zero-order chi connectivity index (χ0) is 26.3. The number of hydrogen-bond donors (Lipinski definition) is 2. The molecule has 3 aromatic rings. The highest BCUT2D eigenvalue weighted by Crippen LogP contribution is 2.42. The van der Waals surface area contributed by atoms with Crippen LogP contribution in [0.1, 0.15) is 41.6 Å². The third-order valence-corrected chi connectivity index (χ3v) is 6.87. The first-order valence-corrected chi connectivity index (χ1v) is 11.7. The first-order valence-electron chi connectivity index (χ1n) is 11.7. The topological polar surface area (TPSA) is 103 Å². The number of halogens is 3. The molecule has 0 aliphatic heterocycles. The molecule has 196 valence electrons. The summed E-state index contributed by atoms with van der Waals surface area (Å²) in [6.45, 7) is -3.20. The standard InChI is InChI=1S/C25H25F3N4O5/c1-35-19-8-13(9-20(37-23(27)28)21(19)22(33)30-17-10-16(17)26)15-11-29-32-12-14(4-5-18(15)32)25(6-3-7-25)31-24(34)36-2/h4-5,8-9,11-12,16-17,23H,3,6-7,10H2,1-2H3,(H,30,33)(H,31,34). The number of hydrogen-bond acceptors (Lipinski definition) is 6. The number of nitrogens with one attached hydrogen (secondary N) is 2. The van der Waals surface area contributed by atoms with Crippen molar-refractivity contribution < 1.29 is 37.0 Å². The van der Waals surface area contributed by atoms with Crippen LogP contribution in [-0.2, 0) is 10.3 Å². The molecule has 2 aliphatic carbocycles. The Kier molecular flexibility index (Phi) is 6.34. The quantitative estimate of drug-likeness (QED) is 0.464. The molecule has 2 aromatic heterocycles. The second-order valence-corrected chi connectivity index (χ2v) is 9.12. The molecule has 0 spiro atoms. The molecule has 2 fully saturated rings. The van der Waals surface area contributed by atoms with Crippen molar-refractivity contribution in [2.24, 2.45) is 0 Å². The molecule has 37 heavy (non-hydrogen) atoms. The Morgan fingerprint density at radius 1 is 1.19 bits per heavy atom. The van der Waals surface area contributed by atoms with Gasteiger partial charge in [-0.1, -0.05) is 6.07 Å². The summed E-state index contributed by atoms with van der Waals surface area (Å²) in [6.07, 6.45) is 4.28. The minimum Gasteiger partial charge on any atom is -0.496 e. The molecular weight excluding hydrogens is 493 g/mol. The lowest BCUT2D eigenvalue weighted by molar-refractivity contribution is -0.0502. The van der Waals surface area contributed by atoms with E-state index in [2.05, 4.69) is 20.5 Å². The van der Waals surface area contributed by atoms with Gasteiger partial charge in [0.05, 0.1) is 37.5 Å². The van der Waals surface area contributed by atoms with Crippen LogP contribution in [0.25, 0.3) is 16.6 Å². The number of alkyl halides is 3. The third-order valence-electron chi connectivity index (χ3n) is 6.87. The number of fused-ring (bicyclic) bond motifs is 1. The van der Waals surface area contributed by atoms with E-state index < -0.39 is 42.1 Å². The fourth-order valence-electron chi connectivity index (χ4n) is 4.63. The summed E-state index contributed by atoms with van der Waals surface area (Å²) in [6, 6.07) is 5.84. The number of carbonyl (C=O) groups is 2. The van der Waals surface area contributed by atoms with Crippen molar-refractivity contribution in [3.8, 4) is 22.6 Å². The van der Waals surface area contributed by atoms with Gasteiger partial charge >= 0.3 is 12.7 Å². The summed E-state index contributed by atoms with van der Waals surface area (Å²) in [5, 5.41) is 9.78. The number of nitrogens with zero attached hydrogens (tertiary/aromatic N) is 2. The zero-order valence-corrected chi connectivity index (χ0v) is 20.1. The van der Waals surface area contributed by atoms with E-state index in [0.717, 1.165) is 24.8 Å². The fourth-order valence-corrected chi connectivity index (χ4v) is 4.63. The molecule has 9 nitrogen and oxygen atoms in total. The molecule has 2 atom stereocenters. The monoisotopic (exact) mass is 518 g/mol. The highest BCUT2D eigenvalue weighted by atomic mass is 19.3. The molecule has 0 radical (unpaired) electrons. The summed E-state index contributed by atoms with van der Waals surface area (Å²) in [5.74, 6) is -1.17. The van der Waals surface area contributed by atoms with Crippen LogP contribution in [0.15, 0.2) is 36.7 Å². The molecule has 0 bridgehead atoms. The van der Waals surface area contributed by atoms with Gasteiger partial charge < -0.3 is 24.8 Å². The molecule has 5 rings (SSSR count). The van der Waals surface area contributed by atoms with Crippen molar-refractivity contribution >= 4 is 17.5 Å². The number of alkyl carbamates (subject to hydrolysis) is 1. The van der Waals surface area contributed by atoms with Crippen LogP contribution < -0.4 is 20.1 Å². The lowest BCUT2D eigenvalue weighted by atomic mass is 9.72. The Hall–Kier alpha value is -3.96. The van der Waals surface area contributed by atoms with Crippen molar-refractivity contribution in [1.29, 1.82) is 0 Å². The van der Waals surface area contributed by atoms with Crippen LogP contribution in [0.2, 0.25) is 0 Å². The number of aromatic nitrogens is 2. The minimum atomic E-state index is -3.20. The smallest absolute Gasteiger partial charge is 0.407 e. The SMILES string of the molecule is COC(=O)NC1(c2ccc3c(-c4cc(OC)c(C(=O)NC5CC5F)c(OC(F)F)c4)cnn3c2)CCC1. The van der Waals surface area contributed by atoms with Crippen molar-refractivity contribution in [2.75, 3.05) is 14.2 Å². The second kappa shape index (κ2) is 9.49. The Bertz CT molecular complexity index is 1360. The molecule has 2 heterocycles. The largest absolute Gasteiger partial charge is 0.496 e. The predicted molar refractivity (Wildman–Crippen MR) is 126 cm³/mol. The number of methoxy groups -OCH3 is 2. The van der Waals surface area contributed by atoms with Gasteiger partial charge in [-0.15, -0.1) is 0 Å². The van der Waals surface area contributed by atoms with Crippen molar-refractivity contribution in [3.05, 3.63) is 47.8 Å². The molecule has 2 N–H and O–H groups in total. The van der Waals surface area contributed by atoms with Crippen molar-refractivity contribution in [2.45, 2.75) is 50.0 Å². The van der Waals surface area contributed by atoms with E-state index in [1.807, 2.05) is 12.1 Å². The minimum absolute atomic E-state index is 0.00613. The lowest BCUT2D eigenvalue weighted by Crippen LogP contribution is -2.50. The van der Waals surface area contributed by atoms with Crippen LogP contribution in [0, 0.1) is 0 Å². The van der Waals surface area contributed by atoms with Crippen LogP contribution in [0.4, 0.5) is 18.0 Å². The maximum atomic E-state index is 13.3. The Morgan fingerprint density at radius 2 is 1.92 bits per heavy atom. The van der Waals surface area contributed by atoms with Gasteiger partial charge in [-0.3, -0.25) is 4.79 Å². The van der Waals surface area contributed by atoms with Gasteiger partial charge in [0.15, 0.2) is 0 Å². The van der Waals surface area contributed by atoms with Crippen molar-refractivity contribution in [3.63, 3.8) is 0 Å². The normalized spacial score (nSPS) is 19.7. The average Bonchev–Trinajstić information content (AvgIpc) is 3.36. The Morgan fingerprint density at radius 3 is 2.51 bits per heavy atom. The third kappa shape index (κ3) is 4.63. The van der Waals surface area contributed by atoms with Gasteiger partial charge in [0, 0.05) is 18.2 Å². The van der Waals surface area contributed by atoms with Gasteiger partial charge in [-0.05, 0) is 48.6 Å². The van der Waals surface area contributed by atoms with E-state index in [1.165, 1.54) is 26.4 Å². The van der Waals surface area contributed by atoms with E-state index in [4.69, 9.17) is 9.47 Å². The van der Waals surface area contributed by atoms with Gasteiger partial charge in [-0.25, -0.2) is 13.7 Å². The number of carbonyl (C=O) groups excluding carboxylic acids is 2. The molecule has 12 heteroatoms. The van der Waals surface area contributed by atoms with E-state index in [1.54, 1.807) is 16.9 Å². The molecule has 2 amide bonds. The van der Waals surface area contributed by atoms with Gasteiger partial charge in [-0.2, -0.15) is 13.9 Å². The molecule has 1 aromatic carbocycles. The average molecular weight is 518 g/mol. The first-order chi connectivity index (χ1) is 17.7. The summed E-state index contributed by atoms with van der Waals surface area (Å²) < 4.78 is 56.3.